The number of pyridine rings is 1. The Morgan fingerprint density at radius 3 is 2.64 bits per heavy atom. The number of benzene rings is 1. The van der Waals surface area contributed by atoms with Gasteiger partial charge in [0.1, 0.15) is 5.82 Å². The van der Waals surface area contributed by atoms with Crippen LogP contribution in [0.2, 0.25) is 0 Å². The average Bonchev–Trinajstić information content (AvgIpc) is 3.33. The lowest BCUT2D eigenvalue weighted by atomic mass is 9.96. The topological polar surface area (TPSA) is 120 Å². The molecule has 2 aromatic heterocycles. The number of hydrogen-bond donors (Lipinski definition) is 4. The molecule has 4 rings (SSSR count). The van der Waals surface area contributed by atoms with Crippen LogP contribution in [0.1, 0.15) is 43.1 Å². The summed E-state index contributed by atoms with van der Waals surface area (Å²) >= 11 is 0. The van der Waals surface area contributed by atoms with Crippen LogP contribution < -0.4 is 26.2 Å². The second-order valence-electron chi connectivity index (χ2n) is 10.4. The molecule has 1 amide bonds. The predicted molar refractivity (Wildman–Crippen MR) is 144 cm³/mol. The van der Waals surface area contributed by atoms with Crippen LogP contribution in [0, 0.1) is 12.3 Å². The number of carbonyl (C=O) groups is 1. The standard InChI is InChI=1S/C26H35N9O/c1-17-9-10-18(22(36)31-21-8-6-7-12-28-21)14-20(17)30-24-32-23(29-19-11-13-27-15-19)33-25(34-24)35(5)16-26(2,3)4/h6-10,12,14,19,27H,11,13,15-16H2,1-5H3,(H,28,31,36)(H2,29,30,32,33,34)/t19-/m1/s1. The van der Waals surface area contributed by atoms with Crippen molar-refractivity contribution in [3.05, 3.63) is 53.7 Å². The Morgan fingerprint density at radius 2 is 1.94 bits per heavy atom. The van der Waals surface area contributed by atoms with E-state index in [0.717, 1.165) is 37.3 Å². The summed E-state index contributed by atoms with van der Waals surface area (Å²) in [5.74, 6) is 1.78. The van der Waals surface area contributed by atoms with E-state index in [1.54, 1.807) is 30.5 Å². The van der Waals surface area contributed by atoms with Crippen LogP contribution in [0.4, 0.5) is 29.4 Å². The van der Waals surface area contributed by atoms with Gasteiger partial charge in [0.25, 0.3) is 5.91 Å². The van der Waals surface area contributed by atoms with E-state index in [4.69, 9.17) is 9.97 Å². The van der Waals surface area contributed by atoms with Gasteiger partial charge in [-0.1, -0.05) is 32.9 Å². The van der Waals surface area contributed by atoms with Crippen molar-refractivity contribution in [1.29, 1.82) is 0 Å². The molecule has 0 radical (unpaired) electrons. The van der Waals surface area contributed by atoms with Crippen LogP contribution in [0.15, 0.2) is 42.6 Å². The van der Waals surface area contributed by atoms with Crippen molar-refractivity contribution in [2.75, 3.05) is 47.5 Å². The van der Waals surface area contributed by atoms with Gasteiger partial charge < -0.3 is 26.2 Å². The number of anilines is 5. The summed E-state index contributed by atoms with van der Waals surface area (Å²) in [4.78, 5) is 33.0. The molecule has 0 aliphatic carbocycles. The van der Waals surface area contributed by atoms with E-state index in [9.17, 15) is 4.79 Å². The van der Waals surface area contributed by atoms with E-state index >= 15 is 0 Å². The summed E-state index contributed by atoms with van der Waals surface area (Å²) in [5.41, 5.74) is 2.28. The maximum Gasteiger partial charge on any atom is 0.256 e. The van der Waals surface area contributed by atoms with Gasteiger partial charge in [-0.05, 0) is 55.1 Å². The van der Waals surface area contributed by atoms with Crippen LogP contribution in [-0.4, -0.2) is 58.6 Å². The molecule has 190 valence electrons. The van der Waals surface area contributed by atoms with Crippen molar-refractivity contribution < 1.29 is 4.79 Å². The summed E-state index contributed by atoms with van der Waals surface area (Å²) in [6, 6.07) is 11.1. The van der Waals surface area contributed by atoms with Gasteiger partial charge in [-0.2, -0.15) is 15.0 Å². The van der Waals surface area contributed by atoms with Crippen molar-refractivity contribution in [3.8, 4) is 0 Å². The molecule has 4 N–H and O–H groups in total. The molecule has 0 bridgehead atoms. The SMILES string of the molecule is Cc1ccc(C(=O)Nc2ccccn2)cc1Nc1nc(N[C@@H]2CCNC2)nc(N(C)CC(C)(C)C)n1. The Morgan fingerprint density at radius 1 is 1.14 bits per heavy atom. The van der Waals surface area contributed by atoms with Gasteiger partial charge in [0.15, 0.2) is 0 Å². The lowest BCUT2D eigenvalue weighted by Gasteiger charge is -2.27. The van der Waals surface area contributed by atoms with Gasteiger partial charge in [0, 0.05) is 43.6 Å². The second-order valence-corrected chi connectivity index (χ2v) is 10.4. The van der Waals surface area contributed by atoms with Crippen LogP contribution in [-0.2, 0) is 0 Å². The maximum atomic E-state index is 12.8. The quantitative estimate of drug-likeness (QED) is 0.374. The molecule has 1 aliphatic rings. The maximum absolute atomic E-state index is 12.8. The van der Waals surface area contributed by atoms with Gasteiger partial charge in [-0.15, -0.1) is 0 Å². The number of rotatable bonds is 8. The van der Waals surface area contributed by atoms with Gasteiger partial charge in [0.2, 0.25) is 17.8 Å². The molecule has 10 nitrogen and oxygen atoms in total. The highest BCUT2D eigenvalue weighted by Crippen LogP contribution is 2.24. The third kappa shape index (κ3) is 6.88. The highest BCUT2D eigenvalue weighted by atomic mass is 16.1. The average molecular weight is 490 g/mol. The lowest BCUT2D eigenvalue weighted by molar-refractivity contribution is 0.102. The number of nitrogens with one attached hydrogen (secondary N) is 4. The number of aromatic nitrogens is 4. The third-order valence-electron chi connectivity index (χ3n) is 5.72. The van der Waals surface area contributed by atoms with Crippen LogP contribution in [0.25, 0.3) is 0 Å². The number of nitrogens with zero attached hydrogens (tertiary/aromatic N) is 5. The Labute approximate surface area is 212 Å². The minimum atomic E-state index is -0.242. The Hall–Kier alpha value is -3.79. The fourth-order valence-corrected chi connectivity index (χ4v) is 4.04. The summed E-state index contributed by atoms with van der Waals surface area (Å²) in [6.07, 6.45) is 2.65. The highest BCUT2D eigenvalue weighted by molar-refractivity contribution is 6.04. The molecule has 1 atom stereocenters. The Kier molecular flexibility index (Phi) is 7.64. The second kappa shape index (κ2) is 10.9. The molecule has 1 aromatic carbocycles. The van der Waals surface area contributed by atoms with E-state index in [1.807, 2.05) is 31.0 Å². The summed E-state index contributed by atoms with van der Waals surface area (Å²) in [6.45, 7) is 11.1. The minimum absolute atomic E-state index is 0.0732. The number of carbonyl (C=O) groups excluding carboxylic acids is 1. The molecular formula is C26H35N9O. The van der Waals surface area contributed by atoms with Crippen molar-refractivity contribution in [3.63, 3.8) is 0 Å². The van der Waals surface area contributed by atoms with Crippen LogP contribution >= 0.6 is 0 Å². The third-order valence-corrected chi connectivity index (χ3v) is 5.72. The van der Waals surface area contributed by atoms with E-state index < -0.39 is 0 Å². The first kappa shape index (κ1) is 25.3. The van der Waals surface area contributed by atoms with E-state index in [2.05, 4.69) is 52.0 Å². The number of aryl methyl sites for hydroxylation is 1. The molecule has 3 aromatic rings. The van der Waals surface area contributed by atoms with Crippen LogP contribution in [0.3, 0.4) is 0 Å². The summed E-state index contributed by atoms with van der Waals surface area (Å²) in [7, 11) is 1.99. The largest absolute Gasteiger partial charge is 0.350 e. The van der Waals surface area contributed by atoms with Crippen molar-refractivity contribution in [1.82, 2.24) is 25.3 Å². The fourth-order valence-electron chi connectivity index (χ4n) is 4.04. The first-order valence-corrected chi connectivity index (χ1v) is 12.2. The van der Waals surface area contributed by atoms with Crippen molar-refractivity contribution >= 4 is 35.3 Å². The molecule has 0 saturated carbocycles. The molecule has 1 aliphatic heterocycles. The molecule has 1 saturated heterocycles. The fraction of sp³-hybridized carbons (Fsp3) is 0.423. The first-order valence-electron chi connectivity index (χ1n) is 12.2. The molecule has 0 unspecified atom stereocenters. The molecule has 0 spiro atoms. The Balaban J connectivity index is 1.59. The van der Waals surface area contributed by atoms with Crippen LogP contribution in [0.5, 0.6) is 0 Å². The number of hydrogen-bond acceptors (Lipinski definition) is 9. The molecule has 10 heteroatoms. The molecule has 1 fully saturated rings. The van der Waals surface area contributed by atoms with Gasteiger partial charge >= 0.3 is 0 Å². The Bertz CT molecular complexity index is 1190. The van der Waals surface area contributed by atoms with E-state index in [0.29, 0.717) is 29.2 Å². The molecule has 36 heavy (non-hydrogen) atoms. The minimum Gasteiger partial charge on any atom is -0.350 e. The van der Waals surface area contributed by atoms with E-state index in [-0.39, 0.29) is 17.4 Å². The van der Waals surface area contributed by atoms with Crippen molar-refractivity contribution in [2.24, 2.45) is 5.41 Å². The normalized spacial score (nSPS) is 15.4. The molecule has 3 heterocycles. The monoisotopic (exact) mass is 489 g/mol. The highest BCUT2D eigenvalue weighted by Gasteiger charge is 2.20. The zero-order valence-corrected chi connectivity index (χ0v) is 21.6. The predicted octanol–water partition coefficient (Wildman–Crippen LogP) is 3.83. The zero-order valence-electron chi connectivity index (χ0n) is 21.6. The van der Waals surface area contributed by atoms with Gasteiger partial charge in [0.05, 0.1) is 0 Å². The zero-order chi connectivity index (χ0) is 25.7. The number of amides is 1. The van der Waals surface area contributed by atoms with Gasteiger partial charge in [-0.3, -0.25) is 4.79 Å². The lowest BCUT2D eigenvalue weighted by Crippen LogP contribution is -2.31. The van der Waals surface area contributed by atoms with Gasteiger partial charge in [-0.25, -0.2) is 4.98 Å². The smallest absolute Gasteiger partial charge is 0.256 e. The first-order chi connectivity index (χ1) is 17.2. The molecular weight excluding hydrogens is 454 g/mol. The van der Waals surface area contributed by atoms with E-state index in [1.165, 1.54) is 0 Å². The summed E-state index contributed by atoms with van der Waals surface area (Å²) in [5, 5.41) is 12.9. The van der Waals surface area contributed by atoms with Crippen molar-refractivity contribution in [2.45, 2.75) is 40.2 Å². The summed E-state index contributed by atoms with van der Waals surface area (Å²) < 4.78 is 0.